The topological polar surface area (TPSA) is 132 Å². The van der Waals surface area contributed by atoms with E-state index in [1.807, 2.05) is 42.5 Å². The van der Waals surface area contributed by atoms with Gasteiger partial charge in [0.2, 0.25) is 5.91 Å². The van der Waals surface area contributed by atoms with Crippen molar-refractivity contribution in [2.45, 2.75) is 44.7 Å². The van der Waals surface area contributed by atoms with Gasteiger partial charge in [-0.2, -0.15) is 0 Å². The molecule has 3 N–H and O–H groups in total. The van der Waals surface area contributed by atoms with Gasteiger partial charge >= 0.3 is 0 Å². The lowest BCUT2D eigenvalue weighted by atomic mass is 10.0. The lowest BCUT2D eigenvalue weighted by Crippen LogP contribution is -2.47. The van der Waals surface area contributed by atoms with Crippen LogP contribution in [0.25, 0.3) is 22.3 Å². The van der Waals surface area contributed by atoms with E-state index in [0.717, 1.165) is 92.3 Å². The second-order valence-electron chi connectivity index (χ2n) is 13.2. The molecule has 2 amide bonds. The SMILES string of the molecule is O=C(/C=C/CN1CCCCC1)N[C@@H]1CCCN(Cc2ccnc(C(=O)Nc3ccc(-c4cc5c(N6CCOCC6)ncnc5[nH]4)cc3)c2)C1. The fourth-order valence-electron chi connectivity index (χ4n) is 7.01. The normalized spacial score (nSPS) is 19.3. The maximum atomic E-state index is 13.2. The van der Waals surface area contributed by atoms with E-state index < -0.39 is 0 Å². The van der Waals surface area contributed by atoms with Crippen LogP contribution in [-0.2, 0) is 16.1 Å². The number of likely N-dealkylation sites (tertiary alicyclic amines) is 2. The van der Waals surface area contributed by atoms with Gasteiger partial charge in [0.15, 0.2) is 0 Å². The Morgan fingerprint density at radius 3 is 2.57 bits per heavy atom. The Hall–Kier alpha value is -4.65. The number of carbonyl (C=O) groups is 2. The van der Waals surface area contributed by atoms with Crippen molar-refractivity contribution in [1.82, 2.24) is 35.1 Å². The van der Waals surface area contributed by atoms with Gasteiger partial charge in [0.05, 0.1) is 18.6 Å². The molecule has 256 valence electrons. The van der Waals surface area contributed by atoms with Crippen LogP contribution in [0, 0.1) is 0 Å². The molecule has 3 saturated heterocycles. The van der Waals surface area contributed by atoms with Gasteiger partial charge in [0, 0.05) is 62.4 Å². The molecular weight excluding hydrogens is 618 g/mol. The highest BCUT2D eigenvalue weighted by atomic mass is 16.5. The third-order valence-corrected chi connectivity index (χ3v) is 9.57. The van der Waals surface area contributed by atoms with Gasteiger partial charge < -0.3 is 25.3 Å². The van der Waals surface area contributed by atoms with E-state index in [9.17, 15) is 9.59 Å². The van der Waals surface area contributed by atoms with E-state index in [2.05, 4.69) is 51.3 Å². The predicted molar refractivity (Wildman–Crippen MR) is 190 cm³/mol. The number of amides is 2. The Balaban J connectivity index is 0.921. The number of aromatic nitrogens is 4. The van der Waals surface area contributed by atoms with Gasteiger partial charge in [-0.3, -0.25) is 24.4 Å². The van der Waals surface area contributed by atoms with Crippen molar-refractivity contribution in [3.63, 3.8) is 0 Å². The quantitative estimate of drug-likeness (QED) is 0.213. The number of benzene rings is 1. The van der Waals surface area contributed by atoms with E-state index in [0.29, 0.717) is 31.1 Å². The van der Waals surface area contributed by atoms with Crippen molar-refractivity contribution < 1.29 is 14.3 Å². The number of nitrogens with one attached hydrogen (secondary N) is 3. The molecule has 3 aromatic heterocycles. The number of hydrogen-bond acceptors (Lipinski definition) is 9. The summed E-state index contributed by atoms with van der Waals surface area (Å²) in [7, 11) is 0. The van der Waals surface area contributed by atoms with E-state index in [1.165, 1.54) is 19.3 Å². The molecule has 0 saturated carbocycles. The first-order chi connectivity index (χ1) is 24.1. The summed E-state index contributed by atoms with van der Waals surface area (Å²) >= 11 is 0. The third kappa shape index (κ3) is 8.51. The van der Waals surface area contributed by atoms with Crippen LogP contribution < -0.4 is 15.5 Å². The summed E-state index contributed by atoms with van der Waals surface area (Å²) in [5, 5.41) is 7.15. The number of carbonyl (C=O) groups excluding carboxylic acids is 2. The van der Waals surface area contributed by atoms with Gasteiger partial charge in [0.25, 0.3) is 5.91 Å². The number of ether oxygens (including phenoxy) is 1. The fourth-order valence-corrected chi connectivity index (χ4v) is 7.01. The molecule has 49 heavy (non-hydrogen) atoms. The largest absolute Gasteiger partial charge is 0.378 e. The molecule has 12 nitrogen and oxygen atoms in total. The highest BCUT2D eigenvalue weighted by Crippen LogP contribution is 2.30. The molecule has 3 fully saturated rings. The van der Waals surface area contributed by atoms with Crippen molar-refractivity contribution in [2.24, 2.45) is 0 Å². The zero-order chi connectivity index (χ0) is 33.4. The van der Waals surface area contributed by atoms with Gasteiger partial charge in [-0.15, -0.1) is 0 Å². The molecule has 7 rings (SSSR count). The second-order valence-corrected chi connectivity index (χ2v) is 13.2. The molecule has 0 bridgehead atoms. The number of piperidine rings is 2. The molecule has 4 aromatic rings. The lowest BCUT2D eigenvalue weighted by molar-refractivity contribution is -0.117. The maximum Gasteiger partial charge on any atom is 0.274 e. The van der Waals surface area contributed by atoms with Crippen molar-refractivity contribution >= 4 is 34.4 Å². The average Bonchev–Trinajstić information content (AvgIpc) is 3.58. The average molecular weight is 664 g/mol. The van der Waals surface area contributed by atoms with Crippen LogP contribution in [-0.4, -0.2) is 107 Å². The second kappa shape index (κ2) is 15.7. The lowest BCUT2D eigenvalue weighted by Gasteiger charge is -2.33. The minimum Gasteiger partial charge on any atom is -0.378 e. The summed E-state index contributed by atoms with van der Waals surface area (Å²) in [4.78, 5) is 49.5. The molecule has 0 spiro atoms. The number of pyridine rings is 1. The Bertz CT molecular complexity index is 1760. The summed E-state index contributed by atoms with van der Waals surface area (Å²) in [6.07, 6.45) is 12.7. The number of H-pyrrole nitrogens is 1. The van der Waals surface area contributed by atoms with Gasteiger partial charge in [0.1, 0.15) is 23.5 Å². The number of hydrogen-bond donors (Lipinski definition) is 3. The molecule has 1 atom stereocenters. The number of fused-ring (bicyclic) bond motifs is 1. The Morgan fingerprint density at radius 2 is 1.73 bits per heavy atom. The molecule has 3 aliphatic heterocycles. The molecule has 0 unspecified atom stereocenters. The molecule has 1 aromatic carbocycles. The van der Waals surface area contributed by atoms with Crippen LogP contribution in [0.4, 0.5) is 11.5 Å². The Kier molecular flexibility index (Phi) is 10.5. The fraction of sp³-hybridized carbons (Fsp3) is 0.432. The molecule has 6 heterocycles. The van der Waals surface area contributed by atoms with Gasteiger partial charge in [-0.25, -0.2) is 9.97 Å². The predicted octanol–water partition coefficient (Wildman–Crippen LogP) is 4.23. The summed E-state index contributed by atoms with van der Waals surface area (Å²) in [5.41, 5.74) is 4.77. The van der Waals surface area contributed by atoms with E-state index >= 15 is 0 Å². The standard InChI is InChI=1S/C37H45N9O3/c47-34(7-5-16-44-14-2-1-3-15-44)41-30-6-4-17-45(25-30)24-27-12-13-38-33(22-27)37(48)42-29-10-8-28(9-11-29)32-23-31-35(43-32)39-26-40-36(31)46-18-20-49-21-19-46/h5,7-13,22-23,26,30H,1-4,6,14-21,24-25H2,(H,41,47)(H,42,48)(H,39,40,43)/b7-5+/t30-/m1/s1. The van der Waals surface area contributed by atoms with Gasteiger partial charge in [-0.1, -0.05) is 24.6 Å². The summed E-state index contributed by atoms with van der Waals surface area (Å²) in [6.45, 7) is 8.47. The number of anilines is 2. The van der Waals surface area contributed by atoms with Crippen LogP contribution in [0.2, 0.25) is 0 Å². The Labute approximate surface area is 287 Å². The van der Waals surface area contributed by atoms with Crippen molar-refractivity contribution in [1.29, 1.82) is 0 Å². The van der Waals surface area contributed by atoms with Crippen molar-refractivity contribution in [2.75, 3.05) is 69.2 Å². The molecular formula is C37H45N9O3. The summed E-state index contributed by atoms with van der Waals surface area (Å²) in [6, 6.07) is 13.7. The van der Waals surface area contributed by atoms with Crippen LogP contribution in [0.1, 0.15) is 48.2 Å². The van der Waals surface area contributed by atoms with Crippen LogP contribution in [0.15, 0.2) is 67.1 Å². The summed E-state index contributed by atoms with van der Waals surface area (Å²) < 4.78 is 5.50. The first-order valence-electron chi connectivity index (χ1n) is 17.5. The number of aromatic amines is 1. The molecule has 0 radical (unpaired) electrons. The van der Waals surface area contributed by atoms with Crippen molar-refractivity contribution in [3.8, 4) is 11.3 Å². The first-order valence-corrected chi connectivity index (χ1v) is 17.5. The van der Waals surface area contributed by atoms with E-state index in [-0.39, 0.29) is 17.9 Å². The molecule has 0 aliphatic carbocycles. The number of morpholine rings is 1. The maximum absolute atomic E-state index is 13.2. The number of rotatable bonds is 10. The smallest absolute Gasteiger partial charge is 0.274 e. The molecule has 12 heteroatoms. The Morgan fingerprint density at radius 1 is 0.918 bits per heavy atom. The zero-order valence-electron chi connectivity index (χ0n) is 27.9. The minimum atomic E-state index is -0.259. The van der Waals surface area contributed by atoms with E-state index in [4.69, 9.17) is 4.74 Å². The summed E-state index contributed by atoms with van der Waals surface area (Å²) in [5.74, 6) is 0.631. The highest BCUT2D eigenvalue weighted by Gasteiger charge is 2.22. The number of nitrogens with zero attached hydrogens (tertiary/aromatic N) is 6. The molecule has 3 aliphatic rings. The van der Waals surface area contributed by atoms with Crippen molar-refractivity contribution in [3.05, 3.63) is 78.4 Å². The zero-order valence-corrected chi connectivity index (χ0v) is 27.9. The van der Waals surface area contributed by atoms with Gasteiger partial charge in [-0.05, 0) is 86.8 Å². The highest BCUT2D eigenvalue weighted by molar-refractivity contribution is 6.03. The monoisotopic (exact) mass is 663 g/mol. The third-order valence-electron chi connectivity index (χ3n) is 9.57. The van der Waals surface area contributed by atoms with Crippen LogP contribution in [0.3, 0.4) is 0 Å². The van der Waals surface area contributed by atoms with Crippen LogP contribution >= 0.6 is 0 Å². The first kappa shape index (κ1) is 32.9. The minimum absolute atomic E-state index is 0.0201. The van der Waals surface area contributed by atoms with Crippen LogP contribution in [0.5, 0.6) is 0 Å². The van der Waals surface area contributed by atoms with E-state index in [1.54, 1.807) is 18.6 Å².